The Hall–Kier alpha value is -0.940. The average molecular weight is 252 g/mol. The van der Waals surface area contributed by atoms with Crippen LogP contribution < -0.4 is 5.32 Å². The Morgan fingerprint density at radius 1 is 1.39 bits per heavy atom. The summed E-state index contributed by atoms with van der Waals surface area (Å²) in [6, 6.07) is 0. The van der Waals surface area contributed by atoms with Gasteiger partial charge in [-0.3, -0.25) is 0 Å². The zero-order valence-corrected chi connectivity index (χ0v) is 11.7. The van der Waals surface area contributed by atoms with Gasteiger partial charge in [0.1, 0.15) is 0 Å². The van der Waals surface area contributed by atoms with Crippen molar-refractivity contribution in [1.82, 2.24) is 20.4 Å². The topological polar surface area (TPSA) is 54.2 Å². The molecule has 0 aromatic carbocycles. The lowest BCUT2D eigenvalue weighted by molar-refractivity contribution is 0.294. The van der Waals surface area contributed by atoms with Crippen molar-refractivity contribution in [2.75, 3.05) is 32.7 Å². The van der Waals surface area contributed by atoms with Crippen LogP contribution in [0.1, 0.15) is 38.9 Å². The number of nitrogens with one attached hydrogen (secondary N) is 1. The van der Waals surface area contributed by atoms with Crippen molar-refractivity contribution in [1.29, 1.82) is 0 Å². The lowest BCUT2D eigenvalue weighted by atomic mass is 9.90. The SMILES string of the molecule is CCN(CC)CCc1noc(C2(C)CCNC2)n1. The molecule has 0 aliphatic carbocycles. The Bertz CT molecular complexity index is 367. The molecule has 1 aliphatic rings. The van der Waals surface area contributed by atoms with E-state index in [1.54, 1.807) is 0 Å². The van der Waals surface area contributed by atoms with Crippen molar-refractivity contribution in [3.05, 3.63) is 11.7 Å². The lowest BCUT2D eigenvalue weighted by Crippen LogP contribution is -2.26. The minimum Gasteiger partial charge on any atom is -0.339 e. The Balaban J connectivity index is 1.94. The van der Waals surface area contributed by atoms with Crippen LogP contribution in [-0.4, -0.2) is 47.8 Å². The zero-order valence-electron chi connectivity index (χ0n) is 11.7. The van der Waals surface area contributed by atoms with Gasteiger partial charge in [0, 0.05) is 19.5 Å². The summed E-state index contributed by atoms with van der Waals surface area (Å²) >= 11 is 0. The van der Waals surface area contributed by atoms with Crippen LogP contribution in [0.3, 0.4) is 0 Å². The molecule has 0 spiro atoms. The molecule has 102 valence electrons. The van der Waals surface area contributed by atoms with Gasteiger partial charge in [0.2, 0.25) is 5.89 Å². The van der Waals surface area contributed by atoms with Gasteiger partial charge in [-0.15, -0.1) is 0 Å². The van der Waals surface area contributed by atoms with Crippen LogP contribution in [-0.2, 0) is 11.8 Å². The molecule has 2 heterocycles. The fraction of sp³-hybridized carbons (Fsp3) is 0.846. The van der Waals surface area contributed by atoms with E-state index in [1.807, 2.05) is 0 Å². The molecular weight excluding hydrogens is 228 g/mol. The molecule has 2 rings (SSSR count). The van der Waals surface area contributed by atoms with E-state index in [9.17, 15) is 0 Å². The Kier molecular flexibility index (Phi) is 4.35. The standard InChI is InChI=1S/C13H24N4O/c1-4-17(5-2)9-6-11-15-12(18-16-11)13(3)7-8-14-10-13/h14H,4-10H2,1-3H3. The first-order chi connectivity index (χ1) is 8.68. The van der Waals surface area contributed by atoms with Crippen LogP contribution >= 0.6 is 0 Å². The highest BCUT2D eigenvalue weighted by Gasteiger charge is 2.36. The summed E-state index contributed by atoms with van der Waals surface area (Å²) < 4.78 is 5.43. The highest BCUT2D eigenvalue weighted by molar-refractivity contribution is 5.07. The van der Waals surface area contributed by atoms with Gasteiger partial charge in [-0.05, 0) is 33.0 Å². The number of hydrogen-bond donors (Lipinski definition) is 1. The van der Waals surface area contributed by atoms with Crippen LogP contribution in [0.5, 0.6) is 0 Å². The second-order valence-electron chi connectivity index (χ2n) is 5.28. The van der Waals surface area contributed by atoms with Gasteiger partial charge < -0.3 is 14.7 Å². The van der Waals surface area contributed by atoms with Gasteiger partial charge >= 0.3 is 0 Å². The molecule has 1 aliphatic heterocycles. The third kappa shape index (κ3) is 2.90. The normalized spacial score (nSPS) is 24.0. The summed E-state index contributed by atoms with van der Waals surface area (Å²) in [7, 11) is 0. The highest BCUT2D eigenvalue weighted by Crippen LogP contribution is 2.28. The molecule has 1 aromatic heterocycles. The van der Waals surface area contributed by atoms with Crippen molar-refractivity contribution in [3.8, 4) is 0 Å². The Labute approximate surface area is 109 Å². The fourth-order valence-electron chi connectivity index (χ4n) is 2.40. The minimum absolute atomic E-state index is 0.0282. The van der Waals surface area contributed by atoms with Crippen molar-refractivity contribution in [3.63, 3.8) is 0 Å². The smallest absolute Gasteiger partial charge is 0.233 e. The second-order valence-corrected chi connectivity index (χ2v) is 5.28. The maximum atomic E-state index is 5.43. The summed E-state index contributed by atoms with van der Waals surface area (Å²) in [5.41, 5.74) is 0.0282. The summed E-state index contributed by atoms with van der Waals surface area (Å²) in [6.07, 6.45) is 1.94. The van der Waals surface area contributed by atoms with Gasteiger partial charge in [0.05, 0.1) is 5.41 Å². The maximum absolute atomic E-state index is 5.43. The Morgan fingerprint density at radius 3 is 2.78 bits per heavy atom. The molecule has 1 aromatic rings. The first-order valence-electron chi connectivity index (χ1n) is 6.94. The summed E-state index contributed by atoms with van der Waals surface area (Å²) in [4.78, 5) is 6.93. The van der Waals surface area contributed by atoms with Crippen LogP contribution in [0.2, 0.25) is 0 Å². The third-order valence-electron chi connectivity index (χ3n) is 3.90. The van der Waals surface area contributed by atoms with E-state index in [4.69, 9.17) is 4.52 Å². The highest BCUT2D eigenvalue weighted by atomic mass is 16.5. The second kappa shape index (κ2) is 5.80. The van der Waals surface area contributed by atoms with Crippen LogP contribution in [0, 0.1) is 0 Å². The number of rotatable bonds is 6. The van der Waals surface area contributed by atoms with Crippen molar-refractivity contribution in [2.45, 2.75) is 39.0 Å². The maximum Gasteiger partial charge on any atom is 0.233 e. The molecule has 0 saturated carbocycles. The largest absolute Gasteiger partial charge is 0.339 e. The molecule has 0 bridgehead atoms. The van der Waals surface area contributed by atoms with E-state index < -0.39 is 0 Å². The van der Waals surface area contributed by atoms with E-state index in [0.717, 1.165) is 57.3 Å². The minimum atomic E-state index is 0.0282. The third-order valence-corrected chi connectivity index (χ3v) is 3.90. The number of aromatic nitrogens is 2. The van der Waals surface area contributed by atoms with E-state index in [1.165, 1.54) is 0 Å². The quantitative estimate of drug-likeness (QED) is 0.824. The number of hydrogen-bond acceptors (Lipinski definition) is 5. The van der Waals surface area contributed by atoms with E-state index in [0.29, 0.717) is 0 Å². The predicted octanol–water partition coefficient (Wildman–Crippen LogP) is 1.20. The zero-order chi connectivity index (χ0) is 13.0. The van der Waals surface area contributed by atoms with Gasteiger partial charge in [-0.2, -0.15) is 4.98 Å². The Morgan fingerprint density at radius 2 is 2.17 bits per heavy atom. The first kappa shape index (κ1) is 13.5. The molecule has 5 heteroatoms. The summed E-state index contributed by atoms with van der Waals surface area (Å²) in [6.45, 7) is 11.7. The molecule has 1 unspecified atom stereocenters. The lowest BCUT2D eigenvalue weighted by Gasteiger charge is -2.16. The van der Waals surface area contributed by atoms with E-state index >= 15 is 0 Å². The molecule has 0 radical (unpaired) electrons. The van der Waals surface area contributed by atoms with E-state index in [2.05, 4.69) is 41.1 Å². The van der Waals surface area contributed by atoms with Gasteiger partial charge in [-0.25, -0.2) is 0 Å². The van der Waals surface area contributed by atoms with E-state index in [-0.39, 0.29) is 5.41 Å². The molecular formula is C13H24N4O. The molecule has 1 fully saturated rings. The molecule has 1 atom stereocenters. The van der Waals surface area contributed by atoms with Crippen LogP contribution in [0.15, 0.2) is 4.52 Å². The molecule has 5 nitrogen and oxygen atoms in total. The summed E-state index contributed by atoms with van der Waals surface area (Å²) in [5, 5.41) is 7.46. The predicted molar refractivity (Wildman–Crippen MR) is 70.6 cm³/mol. The van der Waals surface area contributed by atoms with Crippen molar-refractivity contribution >= 4 is 0 Å². The van der Waals surface area contributed by atoms with Crippen molar-refractivity contribution in [2.24, 2.45) is 0 Å². The molecule has 1 saturated heterocycles. The molecule has 1 N–H and O–H groups in total. The average Bonchev–Trinajstić information content (AvgIpc) is 3.00. The van der Waals surface area contributed by atoms with Crippen LogP contribution in [0.4, 0.5) is 0 Å². The summed E-state index contributed by atoms with van der Waals surface area (Å²) in [5.74, 6) is 1.63. The van der Waals surface area contributed by atoms with Gasteiger partial charge in [0.15, 0.2) is 5.82 Å². The number of nitrogens with zero attached hydrogens (tertiary/aromatic N) is 3. The fourth-order valence-corrected chi connectivity index (χ4v) is 2.40. The van der Waals surface area contributed by atoms with Gasteiger partial charge in [-0.1, -0.05) is 19.0 Å². The molecule has 0 amide bonds. The first-order valence-corrected chi connectivity index (χ1v) is 6.94. The van der Waals surface area contributed by atoms with Crippen LogP contribution in [0.25, 0.3) is 0 Å². The monoisotopic (exact) mass is 252 g/mol. The molecule has 18 heavy (non-hydrogen) atoms. The van der Waals surface area contributed by atoms with Crippen molar-refractivity contribution < 1.29 is 4.52 Å². The van der Waals surface area contributed by atoms with Gasteiger partial charge in [0.25, 0.3) is 0 Å². The number of likely N-dealkylation sites (N-methyl/N-ethyl adjacent to an activating group) is 1.